The molecule has 1 aliphatic heterocycles. The van der Waals surface area contributed by atoms with E-state index in [0.29, 0.717) is 12.0 Å². The lowest BCUT2D eigenvalue weighted by atomic mass is 9.87. The van der Waals surface area contributed by atoms with Crippen LogP contribution in [0, 0.1) is 5.92 Å². The summed E-state index contributed by atoms with van der Waals surface area (Å²) in [6.45, 7) is 3.39. The van der Waals surface area contributed by atoms with E-state index in [1.165, 1.54) is 32.2 Å². The molecule has 2 aliphatic rings. The zero-order valence-corrected chi connectivity index (χ0v) is 9.54. The van der Waals surface area contributed by atoms with Gasteiger partial charge in [-0.3, -0.25) is 0 Å². The van der Waals surface area contributed by atoms with Gasteiger partial charge in [-0.15, -0.1) is 0 Å². The van der Waals surface area contributed by atoms with Gasteiger partial charge in [-0.25, -0.2) is 0 Å². The van der Waals surface area contributed by atoms with Crippen LogP contribution in [0.3, 0.4) is 0 Å². The van der Waals surface area contributed by atoms with Gasteiger partial charge in [0.05, 0.1) is 6.10 Å². The Kier molecular flexibility index (Phi) is 4.42. The van der Waals surface area contributed by atoms with Crippen LogP contribution in [0.2, 0.25) is 0 Å². The largest absolute Gasteiger partial charge is 0.393 e. The molecule has 3 atom stereocenters. The maximum Gasteiger partial charge on any atom is 0.0543 e. The smallest absolute Gasteiger partial charge is 0.0543 e. The molecule has 1 saturated carbocycles. The predicted molar refractivity (Wildman–Crippen MR) is 61.9 cm³/mol. The van der Waals surface area contributed by atoms with Crippen molar-refractivity contribution in [2.45, 2.75) is 50.7 Å². The topological polar surface area (TPSA) is 44.3 Å². The highest BCUT2D eigenvalue weighted by Gasteiger charge is 2.20. The number of aliphatic hydroxyl groups excluding tert-OH is 1. The van der Waals surface area contributed by atoms with E-state index in [1.807, 2.05) is 0 Å². The third kappa shape index (κ3) is 3.74. The maximum atomic E-state index is 9.55. The summed E-state index contributed by atoms with van der Waals surface area (Å²) in [6.07, 6.45) is 7.13. The molecule has 2 fully saturated rings. The molecule has 0 radical (unpaired) electrons. The third-order valence-electron chi connectivity index (χ3n) is 3.74. The summed E-state index contributed by atoms with van der Waals surface area (Å²) < 4.78 is 0. The fourth-order valence-corrected chi connectivity index (χ4v) is 2.84. The van der Waals surface area contributed by atoms with Crippen LogP contribution in [-0.4, -0.2) is 36.9 Å². The van der Waals surface area contributed by atoms with E-state index in [2.05, 4.69) is 10.6 Å². The normalized spacial score (nSPS) is 37.0. The van der Waals surface area contributed by atoms with Crippen molar-refractivity contribution in [2.75, 3.05) is 19.6 Å². The average molecular weight is 212 g/mol. The molecule has 15 heavy (non-hydrogen) atoms. The van der Waals surface area contributed by atoms with Crippen LogP contribution in [0.1, 0.15) is 38.5 Å². The zero-order valence-electron chi connectivity index (χ0n) is 9.54. The van der Waals surface area contributed by atoms with Gasteiger partial charge in [-0.05, 0) is 51.1 Å². The summed E-state index contributed by atoms with van der Waals surface area (Å²) in [5, 5.41) is 16.6. The zero-order chi connectivity index (χ0) is 10.5. The van der Waals surface area contributed by atoms with Gasteiger partial charge in [0.15, 0.2) is 0 Å². The van der Waals surface area contributed by atoms with E-state index in [4.69, 9.17) is 0 Å². The Labute approximate surface area is 92.6 Å². The van der Waals surface area contributed by atoms with Gasteiger partial charge in [0.25, 0.3) is 0 Å². The van der Waals surface area contributed by atoms with E-state index in [-0.39, 0.29) is 6.10 Å². The van der Waals surface area contributed by atoms with Crippen molar-refractivity contribution in [3.8, 4) is 0 Å². The molecule has 3 nitrogen and oxygen atoms in total. The summed E-state index contributed by atoms with van der Waals surface area (Å²) in [7, 11) is 0. The summed E-state index contributed by atoms with van der Waals surface area (Å²) in [5.74, 6) is 0.704. The molecular weight excluding hydrogens is 188 g/mol. The van der Waals surface area contributed by atoms with Crippen molar-refractivity contribution in [1.82, 2.24) is 10.6 Å². The van der Waals surface area contributed by atoms with E-state index in [9.17, 15) is 5.11 Å². The van der Waals surface area contributed by atoms with E-state index in [1.54, 1.807) is 0 Å². The second-order valence-corrected chi connectivity index (χ2v) is 5.14. The van der Waals surface area contributed by atoms with Crippen LogP contribution in [0.4, 0.5) is 0 Å². The Morgan fingerprint density at radius 1 is 1.13 bits per heavy atom. The van der Waals surface area contributed by atoms with E-state index in [0.717, 1.165) is 25.9 Å². The highest BCUT2D eigenvalue weighted by molar-refractivity contribution is 4.78. The number of hydrogen-bond donors (Lipinski definition) is 3. The number of nitrogens with one attached hydrogen (secondary N) is 2. The van der Waals surface area contributed by atoms with Gasteiger partial charge in [0.2, 0.25) is 0 Å². The van der Waals surface area contributed by atoms with Crippen molar-refractivity contribution < 1.29 is 5.11 Å². The molecule has 0 spiro atoms. The molecule has 0 bridgehead atoms. The Morgan fingerprint density at radius 2 is 2.07 bits per heavy atom. The van der Waals surface area contributed by atoms with Crippen LogP contribution in [0.15, 0.2) is 0 Å². The fraction of sp³-hybridized carbons (Fsp3) is 1.00. The highest BCUT2D eigenvalue weighted by Crippen LogP contribution is 2.23. The quantitative estimate of drug-likeness (QED) is 0.648. The minimum Gasteiger partial charge on any atom is -0.393 e. The van der Waals surface area contributed by atoms with Gasteiger partial charge in [-0.1, -0.05) is 6.42 Å². The summed E-state index contributed by atoms with van der Waals surface area (Å²) in [4.78, 5) is 0. The molecule has 0 aromatic carbocycles. The minimum absolute atomic E-state index is 0.0323. The van der Waals surface area contributed by atoms with Gasteiger partial charge >= 0.3 is 0 Å². The average Bonchev–Trinajstić information content (AvgIpc) is 2.71. The number of rotatable bonds is 4. The van der Waals surface area contributed by atoms with Crippen LogP contribution in [0.5, 0.6) is 0 Å². The SMILES string of the molecule is OC1CCCC(CNCC2CCCN2)C1. The second-order valence-electron chi connectivity index (χ2n) is 5.14. The first-order chi connectivity index (χ1) is 7.34. The molecule has 1 aliphatic carbocycles. The predicted octanol–water partition coefficient (Wildman–Crippen LogP) is 0.879. The molecule has 3 unspecified atom stereocenters. The second kappa shape index (κ2) is 5.83. The first kappa shape index (κ1) is 11.4. The molecule has 3 N–H and O–H groups in total. The molecule has 88 valence electrons. The maximum absolute atomic E-state index is 9.55. The Balaban J connectivity index is 1.56. The molecule has 1 heterocycles. The molecule has 0 aromatic rings. The van der Waals surface area contributed by atoms with Crippen molar-refractivity contribution in [3.05, 3.63) is 0 Å². The molecule has 2 rings (SSSR count). The van der Waals surface area contributed by atoms with E-state index < -0.39 is 0 Å². The van der Waals surface area contributed by atoms with Crippen LogP contribution in [0.25, 0.3) is 0 Å². The van der Waals surface area contributed by atoms with Crippen LogP contribution >= 0.6 is 0 Å². The molecule has 1 saturated heterocycles. The first-order valence-electron chi connectivity index (χ1n) is 6.47. The summed E-state index contributed by atoms with van der Waals surface area (Å²) >= 11 is 0. The van der Waals surface area contributed by atoms with Crippen molar-refractivity contribution >= 4 is 0 Å². The van der Waals surface area contributed by atoms with Gasteiger partial charge < -0.3 is 15.7 Å². The Morgan fingerprint density at radius 3 is 2.80 bits per heavy atom. The lowest BCUT2D eigenvalue weighted by Gasteiger charge is -2.26. The van der Waals surface area contributed by atoms with Gasteiger partial charge in [-0.2, -0.15) is 0 Å². The number of hydrogen-bond acceptors (Lipinski definition) is 3. The molecule has 3 heteroatoms. The minimum atomic E-state index is -0.0323. The molecule has 0 aromatic heterocycles. The van der Waals surface area contributed by atoms with Crippen molar-refractivity contribution in [2.24, 2.45) is 5.92 Å². The molecular formula is C12H24N2O. The fourth-order valence-electron chi connectivity index (χ4n) is 2.84. The highest BCUT2D eigenvalue weighted by atomic mass is 16.3. The number of aliphatic hydroxyl groups is 1. The first-order valence-corrected chi connectivity index (χ1v) is 6.47. The monoisotopic (exact) mass is 212 g/mol. The third-order valence-corrected chi connectivity index (χ3v) is 3.74. The summed E-state index contributed by atoms with van der Waals surface area (Å²) in [6, 6.07) is 0.693. The standard InChI is InChI=1S/C12H24N2O/c15-12-5-1-3-10(7-12)8-13-9-11-4-2-6-14-11/h10-15H,1-9H2. The van der Waals surface area contributed by atoms with Gasteiger partial charge in [0.1, 0.15) is 0 Å². The van der Waals surface area contributed by atoms with Crippen molar-refractivity contribution in [1.29, 1.82) is 0 Å². The van der Waals surface area contributed by atoms with E-state index >= 15 is 0 Å². The lowest BCUT2D eigenvalue weighted by molar-refractivity contribution is 0.100. The van der Waals surface area contributed by atoms with Crippen LogP contribution < -0.4 is 10.6 Å². The van der Waals surface area contributed by atoms with Gasteiger partial charge in [0, 0.05) is 12.6 Å². The Hall–Kier alpha value is -0.120. The lowest BCUT2D eigenvalue weighted by Crippen LogP contribution is -2.37. The molecule has 0 amide bonds. The summed E-state index contributed by atoms with van der Waals surface area (Å²) in [5.41, 5.74) is 0. The Bertz CT molecular complexity index is 180. The van der Waals surface area contributed by atoms with Crippen LogP contribution in [-0.2, 0) is 0 Å². The van der Waals surface area contributed by atoms with Crippen molar-refractivity contribution in [3.63, 3.8) is 0 Å².